The van der Waals surface area contributed by atoms with E-state index < -0.39 is 11.0 Å². The van der Waals surface area contributed by atoms with Crippen LogP contribution in [0.25, 0.3) is 0 Å². The molecule has 4 fully saturated rings. The lowest BCUT2D eigenvalue weighted by molar-refractivity contribution is -0.384. The maximum absolute atomic E-state index is 10.7. The van der Waals surface area contributed by atoms with Gasteiger partial charge in [0.15, 0.2) is 0 Å². The standard InChI is InChI=1S/C20H28N2O3/c1-13(20-9-14-6-15(10-20)8-16(7-14)11-20)21-12-19(23)17-2-4-18(5-3-17)22(24)25/h2-5,13-16,19,21,23H,6-12H2,1H3/t13-,14?,15?,16?,19+,20?/m0/s1. The van der Waals surface area contributed by atoms with E-state index in [1.165, 1.54) is 50.7 Å². The van der Waals surface area contributed by atoms with Crippen LogP contribution in [0, 0.1) is 33.3 Å². The number of aliphatic hydroxyl groups is 1. The molecule has 0 spiro atoms. The van der Waals surface area contributed by atoms with Crippen LogP contribution in [0.4, 0.5) is 5.69 Å². The molecule has 4 bridgehead atoms. The van der Waals surface area contributed by atoms with E-state index in [1.807, 2.05) is 0 Å². The summed E-state index contributed by atoms with van der Waals surface area (Å²) in [5.41, 5.74) is 1.21. The molecule has 4 saturated carbocycles. The van der Waals surface area contributed by atoms with Gasteiger partial charge in [-0.1, -0.05) is 0 Å². The Labute approximate surface area is 149 Å². The third-order valence-electron chi connectivity index (χ3n) is 7.11. The van der Waals surface area contributed by atoms with Gasteiger partial charge in [-0.15, -0.1) is 0 Å². The molecule has 1 aromatic rings. The molecule has 0 aromatic heterocycles. The Balaban J connectivity index is 1.37. The first-order valence-electron chi connectivity index (χ1n) is 9.61. The van der Waals surface area contributed by atoms with E-state index in [-0.39, 0.29) is 5.69 Å². The van der Waals surface area contributed by atoms with Gasteiger partial charge in [0.05, 0.1) is 11.0 Å². The van der Waals surface area contributed by atoms with Crippen molar-refractivity contribution in [1.29, 1.82) is 0 Å². The summed E-state index contributed by atoms with van der Waals surface area (Å²) in [6, 6.07) is 6.63. The SMILES string of the molecule is C[C@H](NC[C@@H](O)c1ccc([N+](=O)[O-])cc1)C12CC3CC(CC(C3)C1)C2. The van der Waals surface area contributed by atoms with Crippen LogP contribution in [0.5, 0.6) is 0 Å². The Morgan fingerprint density at radius 2 is 1.68 bits per heavy atom. The Morgan fingerprint density at radius 3 is 2.16 bits per heavy atom. The monoisotopic (exact) mass is 344 g/mol. The first-order valence-corrected chi connectivity index (χ1v) is 9.61. The molecule has 0 amide bonds. The molecule has 0 radical (unpaired) electrons. The Kier molecular flexibility index (Phi) is 4.32. The van der Waals surface area contributed by atoms with Crippen molar-refractivity contribution < 1.29 is 10.0 Å². The van der Waals surface area contributed by atoms with Gasteiger partial charge in [-0.25, -0.2) is 0 Å². The van der Waals surface area contributed by atoms with E-state index in [4.69, 9.17) is 0 Å². The highest BCUT2D eigenvalue weighted by Gasteiger charge is 2.52. The summed E-state index contributed by atoms with van der Waals surface area (Å²) in [7, 11) is 0. The second kappa shape index (κ2) is 6.36. The predicted octanol–water partition coefficient (Wildman–Crippen LogP) is 3.82. The van der Waals surface area contributed by atoms with Gasteiger partial charge >= 0.3 is 0 Å². The Hall–Kier alpha value is -1.46. The molecule has 1 aromatic carbocycles. The number of nitrogens with one attached hydrogen (secondary N) is 1. The average molecular weight is 344 g/mol. The number of hydrogen-bond donors (Lipinski definition) is 2. The fourth-order valence-corrected chi connectivity index (χ4v) is 6.15. The van der Waals surface area contributed by atoms with E-state index in [0.29, 0.717) is 18.0 Å². The summed E-state index contributed by atoms with van der Waals surface area (Å²) in [6.07, 6.45) is 7.74. The molecular weight excluding hydrogens is 316 g/mol. The number of rotatable bonds is 6. The first-order chi connectivity index (χ1) is 11.9. The zero-order valence-corrected chi connectivity index (χ0v) is 14.9. The first kappa shape index (κ1) is 17.0. The van der Waals surface area contributed by atoms with Gasteiger partial charge < -0.3 is 10.4 Å². The van der Waals surface area contributed by atoms with Crippen LogP contribution in [0.1, 0.15) is 57.1 Å². The van der Waals surface area contributed by atoms with Gasteiger partial charge in [-0.2, -0.15) is 0 Å². The third-order valence-corrected chi connectivity index (χ3v) is 7.11. The van der Waals surface area contributed by atoms with Crippen LogP contribution in [0.2, 0.25) is 0 Å². The molecule has 0 saturated heterocycles. The van der Waals surface area contributed by atoms with Crippen molar-refractivity contribution in [2.75, 3.05) is 6.54 Å². The van der Waals surface area contributed by atoms with E-state index in [2.05, 4.69) is 12.2 Å². The number of aliphatic hydroxyl groups excluding tert-OH is 1. The van der Waals surface area contributed by atoms with E-state index in [1.54, 1.807) is 12.1 Å². The van der Waals surface area contributed by atoms with Crippen LogP contribution >= 0.6 is 0 Å². The maximum atomic E-state index is 10.7. The van der Waals surface area contributed by atoms with E-state index in [9.17, 15) is 15.2 Å². The highest BCUT2D eigenvalue weighted by molar-refractivity contribution is 5.33. The molecule has 136 valence electrons. The number of nitro groups is 1. The minimum Gasteiger partial charge on any atom is -0.387 e. The number of hydrogen-bond acceptors (Lipinski definition) is 4. The lowest BCUT2D eigenvalue weighted by atomic mass is 9.48. The summed E-state index contributed by atoms with van der Waals surface area (Å²) in [6.45, 7) is 2.79. The summed E-state index contributed by atoms with van der Waals surface area (Å²) < 4.78 is 0. The van der Waals surface area contributed by atoms with Crippen LogP contribution in [-0.4, -0.2) is 22.6 Å². The summed E-state index contributed by atoms with van der Waals surface area (Å²) in [5, 5.41) is 24.8. The van der Waals surface area contributed by atoms with Crippen LogP contribution in [-0.2, 0) is 0 Å². The number of nitrogens with zero attached hydrogens (tertiary/aromatic N) is 1. The fraction of sp³-hybridized carbons (Fsp3) is 0.700. The van der Waals surface area contributed by atoms with Crippen molar-refractivity contribution >= 4 is 5.69 Å². The lowest BCUT2D eigenvalue weighted by Crippen LogP contribution is -2.55. The largest absolute Gasteiger partial charge is 0.387 e. The smallest absolute Gasteiger partial charge is 0.269 e. The van der Waals surface area contributed by atoms with Crippen LogP contribution in [0.3, 0.4) is 0 Å². The van der Waals surface area contributed by atoms with Crippen molar-refractivity contribution in [3.63, 3.8) is 0 Å². The van der Waals surface area contributed by atoms with Crippen molar-refractivity contribution in [2.24, 2.45) is 23.2 Å². The maximum Gasteiger partial charge on any atom is 0.269 e. The molecule has 2 N–H and O–H groups in total. The fourth-order valence-electron chi connectivity index (χ4n) is 6.15. The lowest BCUT2D eigenvalue weighted by Gasteiger charge is -2.59. The highest BCUT2D eigenvalue weighted by Crippen LogP contribution is 2.61. The van der Waals surface area contributed by atoms with Crippen molar-refractivity contribution in [1.82, 2.24) is 5.32 Å². The van der Waals surface area contributed by atoms with Gasteiger partial charge in [-0.3, -0.25) is 10.1 Å². The molecule has 2 atom stereocenters. The number of nitro benzene ring substituents is 1. The molecule has 0 unspecified atom stereocenters. The van der Waals surface area contributed by atoms with Gasteiger partial charge in [0.1, 0.15) is 0 Å². The summed E-state index contributed by atoms with van der Waals surface area (Å²) in [4.78, 5) is 10.3. The van der Waals surface area contributed by atoms with Gasteiger partial charge in [-0.05, 0) is 86.3 Å². The van der Waals surface area contributed by atoms with Crippen molar-refractivity contribution in [2.45, 2.75) is 57.6 Å². The van der Waals surface area contributed by atoms with Crippen LogP contribution < -0.4 is 5.32 Å². The molecule has 4 aliphatic carbocycles. The van der Waals surface area contributed by atoms with Gasteiger partial charge in [0, 0.05) is 24.7 Å². The number of non-ortho nitro benzene ring substituents is 1. The second-order valence-corrected chi connectivity index (χ2v) is 8.77. The molecule has 4 aliphatic rings. The molecule has 0 aliphatic heterocycles. The molecule has 5 heteroatoms. The minimum atomic E-state index is -0.628. The van der Waals surface area contributed by atoms with Gasteiger partial charge in [0.2, 0.25) is 0 Å². The van der Waals surface area contributed by atoms with Crippen LogP contribution in [0.15, 0.2) is 24.3 Å². The van der Waals surface area contributed by atoms with Gasteiger partial charge in [0.25, 0.3) is 5.69 Å². The highest BCUT2D eigenvalue weighted by atomic mass is 16.6. The summed E-state index contributed by atoms with van der Waals surface area (Å²) in [5.74, 6) is 2.78. The second-order valence-electron chi connectivity index (χ2n) is 8.77. The minimum absolute atomic E-state index is 0.0610. The molecule has 5 rings (SSSR count). The Morgan fingerprint density at radius 1 is 1.16 bits per heavy atom. The third kappa shape index (κ3) is 3.20. The molecule has 5 nitrogen and oxygen atoms in total. The summed E-state index contributed by atoms with van der Waals surface area (Å²) >= 11 is 0. The molecule has 0 heterocycles. The Bertz CT molecular complexity index is 608. The van der Waals surface area contributed by atoms with E-state index in [0.717, 1.165) is 23.3 Å². The van der Waals surface area contributed by atoms with E-state index >= 15 is 0 Å². The predicted molar refractivity (Wildman–Crippen MR) is 96.1 cm³/mol. The zero-order chi connectivity index (χ0) is 17.6. The van der Waals surface area contributed by atoms with Crippen molar-refractivity contribution in [3.05, 3.63) is 39.9 Å². The topological polar surface area (TPSA) is 75.4 Å². The zero-order valence-electron chi connectivity index (χ0n) is 14.9. The molecular formula is C20H28N2O3. The van der Waals surface area contributed by atoms with Crippen molar-refractivity contribution in [3.8, 4) is 0 Å². The quantitative estimate of drug-likeness (QED) is 0.607. The normalized spacial score (nSPS) is 35.5. The number of benzene rings is 1. The molecule has 25 heavy (non-hydrogen) atoms. The average Bonchev–Trinajstić information content (AvgIpc) is 2.58.